The van der Waals surface area contributed by atoms with Gasteiger partial charge in [-0.1, -0.05) is 38.7 Å². The van der Waals surface area contributed by atoms with Gasteiger partial charge in [-0.2, -0.15) is 54.5 Å². The van der Waals surface area contributed by atoms with Gasteiger partial charge in [-0.3, -0.25) is 15.0 Å². The number of hydrogen-bond acceptors (Lipinski definition) is 39. The Labute approximate surface area is 742 Å². The van der Waals surface area contributed by atoms with Crippen molar-refractivity contribution in [1.82, 2.24) is 111 Å². The number of alkyl halides is 10. The summed E-state index contributed by atoms with van der Waals surface area (Å²) in [6.07, 6.45) is -1.24. The number of halogens is 15. The van der Waals surface area contributed by atoms with E-state index in [9.17, 15) is 76.7 Å². The standard InChI is InChI=1S/C21H17F4N7O3S.C17H9F4N7O3S.C13H15N5O2.C9H11ClN2O2.C8H3ClF4N2OS.C5H3ClN2O2/c1-20(2,3)34-18(33)12-4-5-15(30-29-12)32(16-9-26-6-7-27-16)10-14-11(22)8-13(36-14)17-28-19(35-31-17)21(23,24)25;18-8-5-10(14-24-16(31-27-14)17(19,20)21)32-11(8)7-28(13-6-22-3-4-23-13)12-2-1-9(15(29)30)25-26-12;1-13(2,3)20-12(19)9-4-5-10(18-17-9)16-11-8-14-6-7-15-11;1-9(2,3)14-8(13)6-4-5-7(10)12-11-6;9-2-5-3(10)1-4(17-5)6-14-7(16-15-6)8(11,12)13;6-4-2-1-3(5(9)10)7-8-4/h4-9H,10H2,1-3H3;1-6H,7H2,(H,29,30);4-8H,1-3H3,(H,15,16,18);4-5H,1-3H3;1H,2H2;1-2H,(H,9,10). The van der Waals surface area contributed by atoms with Crippen molar-refractivity contribution in [3.63, 3.8) is 0 Å². The number of carbonyl (C=O) groups excluding carboxylic acids is 3. The number of aromatic nitrogens is 22. The summed E-state index contributed by atoms with van der Waals surface area (Å²) >= 11 is 18.8. The van der Waals surface area contributed by atoms with E-state index >= 15 is 0 Å². The molecule has 0 spiro atoms. The largest absolute Gasteiger partial charge is 0.476 e. The molecule has 0 aliphatic heterocycles. The monoisotopic (exact) mass is 1920 g/mol. The average Bonchev–Trinajstić information content (AvgIpc) is 1.69. The molecule has 38 nitrogen and oxygen atoms in total. The van der Waals surface area contributed by atoms with Gasteiger partial charge in [0.05, 0.1) is 66.8 Å². The molecule has 14 rings (SSSR count). The van der Waals surface area contributed by atoms with Gasteiger partial charge in [-0.05, 0) is 141 Å². The Balaban J connectivity index is 0.000000183. The number of ether oxygens (including phenoxy) is 3. The van der Waals surface area contributed by atoms with E-state index in [2.05, 4.69) is 130 Å². The van der Waals surface area contributed by atoms with Crippen molar-refractivity contribution in [2.45, 2.75) is 117 Å². The Morgan fingerprint density at radius 3 is 1.01 bits per heavy atom. The molecule has 0 aliphatic rings. The number of aromatic carboxylic acids is 2. The number of esters is 3. The zero-order valence-electron chi connectivity index (χ0n) is 66.8. The Kier molecular flexibility index (Phi) is 32.9. The third-order valence-corrected chi connectivity index (χ3v) is 18.3. The summed E-state index contributed by atoms with van der Waals surface area (Å²) in [6, 6.07) is 17.3. The van der Waals surface area contributed by atoms with Crippen LogP contribution in [0.4, 0.5) is 87.6 Å². The van der Waals surface area contributed by atoms with Crippen LogP contribution in [0.15, 0.2) is 148 Å². The normalized spacial score (nSPS) is 11.4. The molecule has 0 aromatic carbocycles. The maximum absolute atomic E-state index is 14.8. The van der Waals surface area contributed by atoms with Crippen LogP contribution in [-0.2, 0) is 51.7 Å². The van der Waals surface area contributed by atoms with Crippen molar-refractivity contribution in [1.29, 1.82) is 0 Å². The smallest absolute Gasteiger partial charge is 0.471 e. The highest BCUT2D eigenvalue weighted by Crippen LogP contribution is 2.39. The van der Waals surface area contributed by atoms with Gasteiger partial charge in [0.15, 0.2) is 67.9 Å². The molecule has 14 aromatic rings. The van der Waals surface area contributed by atoms with Crippen molar-refractivity contribution in [3.8, 4) is 32.1 Å². The van der Waals surface area contributed by atoms with Crippen LogP contribution in [0.3, 0.4) is 0 Å². The lowest BCUT2D eigenvalue weighted by atomic mass is 10.2. The molecule has 0 fully saturated rings. The first-order valence-electron chi connectivity index (χ1n) is 35.5. The Hall–Kier alpha value is -14.1. The molecule has 3 N–H and O–H groups in total. The zero-order valence-corrected chi connectivity index (χ0v) is 71.6. The minimum Gasteiger partial charge on any atom is -0.476 e. The molecular formula is C73H58Cl3F12N25O13S3. The third-order valence-electron chi connectivity index (χ3n) is 14.2. The quantitative estimate of drug-likeness (QED) is 0.0293. The highest BCUT2D eigenvalue weighted by atomic mass is 35.5. The van der Waals surface area contributed by atoms with Gasteiger partial charge in [0.1, 0.15) is 40.1 Å². The Morgan fingerprint density at radius 1 is 0.403 bits per heavy atom. The van der Waals surface area contributed by atoms with Crippen LogP contribution in [0.25, 0.3) is 32.1 Å². The van der Waals surface area contributed by atoms with Crippen molar-refractivity contribution >= 4 is 134 Å². The maximum atomic E-state index is 14.8. The van der Waals surface area contributed by atoms with E-state index in [0.717, 1.165) is 52.2 Å². The highest BCUT2D eigenvalue weighted by molar-refractivity contribution is 7.16. The van der Waals surface area contributed by atoms with E-state index in [1.165, 1.54) is 95.5 Å². The number of carboxylic acids is 2. The number of carboxylic acid groups (broad SMARTS) is 2. The van der Waals surface area contributed by atoms with Gasteiger partial charge < -0.3 is 53.1 Å². The number of carbonyl (C=O) groups is 5. The van der Waals surface area contributed by atoms with Crippen molar-refractivity contribution in [3.05, 3.63) is 223 Å². The van der Waals surface area contributed by atoms with Crippen LogP contribution in [0.1, 0.15) is 147 Å². The predicted molar refractivity (Wildman–Crippen MR) is 428 cm³/mol. The van der Waals surface area contributed by atoms with Crippen LogP contribution in [0.5, 0.6) is 0 Å². The number of rotatable bonds is 19. The predicted octanol–water partition coefficient (Wildman–Crippen LogP) is 17.0. The van der Waals surface area contributed by atoms with Gasteiger partial charge in [-0.25, -0.2) is 52.1 Å². The Bertz CT molecular complexity index is 6090. The first kappa shape index (κ1) is 98.7. The van der Waals surface area contributed by atoms with Gasteiger partial charge in [0.25, 0.3) is 0 Å². The average molecular weight is 1920 g/mol. The highest BCUT2D eigenvalue weighted by Gasteiger charge is 2.41. The summed E-state index contributed by atoms with van der Waals surface area (Å²) in [7, 11) is 0. The number of thiophene rings is 3. The molecule has 56 heteroatoms. The summed E-state index contributed by atoms with van der Waals surface area (Å²) in [6.45, 7) is 15.6. The summed E-state index contributed by atoms with van der Waals surface area (Å²) < 4.78 is 184. The second-order valence-electron chi connectivity index (χ2n) is 27.5. The number of anilines is 6. The van der Waals surface area contributed by atoms with Crippen LogP contribution >= 0.6 is 68.8 Å². The minimum atomic E-state index is -4.83. The maximum Gasteiger partial charge on any atom is 0.471 e. The van der Waals surface area contributed by atoms with Crippen molar-refractivity contribution in [2.24, 2.45) is 0 Å². The number of hydrogen-bond donors (Lipinski definition) is 3. The summed E-state index contributed by atoms with van der Waals surface area (Å²) in [5.41, 5.74) is -1.94. The van der Waals surface area contributed by atoms with Crippen molar-refractivity contribution < 1.29 is 115 Å². The van der Waals surface area contributed by atoms with Crippen LogP contribution in [0.2, 0.25) is 10.3 Å². The van der Waals surface area contributed by atoms with Crippen LogP contribution in [0, 0.1) is 17.5 Å². The lowest BCUT2D eigenvalue weighted by Gasteiger charge is -2.22. The van der Waals surface area contributed by atoms with Gasteiger partial charge in [0, 0.05) is 37.2 Å². The van der Waals surface area contributed by atoms with E-state index in [0.29, 0.717) is 11.6 Å². The zero-order chi connectivity index (χ0) is 94.5. The summed E-state index contributed by atoms with van der Waals surface area (Å²) in [5.74, 6) is -9.92. The van der Waals surface area contributed by atoms with Crippen LogP contribution < -0.4 is 15.1 Å². The topological polar surface area (TPSA) is 495 Å². The molecule has 14 aromatic heterocycles. The first-order valence-corrected chi connectivity index (χ1v) is 39.2. The third kappa shape index (κ3) is 30.1. The lowest BCUT2D eigenvalue weighted by Crippen LogP contribution is -2.25. The van der Waals surface area contributed by atoms with E-state index < -0.39 is 112 Å². The second-order valence-corrected chi connectivity index (χ2v) is 32.0. The van der Waals surface area contributed by atoms with Gasteiger partial charge in [-0.15, -0.1) is 96.6 Å². The molecule has 0 bridgehead atoms. The van der Waals surface area contributed by atoms with E-state index in [-0.39, 0.29) is 116 Å². The lowest BCUT2D eigenvalue weighted by molar-refractivity contribution is -0.160. The molecule has 0 aliphatic carbocycles. The molecule has 0 radical (unpaired) electrons. The SMILES string of the molecule is CC(C)(C)OC(=O)c1ccc(Cl)nn1.CC(C)(C)OC(=O)c1ccc(N(Cc2sc(-c3noc(C(F)(F)F)n3)cc2F)c2cnccn2)nn1.CC(C)(C)OC(=O)c1ccc(Nc2cnccn2)nn1.Fc1cc(-c2noc(C(F)(F)F)n2)sc1CCl.O=C(O)c1ccc(Cl)nn1.O=C(O)c1ccc(N(Cc2sc(-c3noc(C(F)(F)F)n3)cc2F)c2cnccn2)nn1. The molecule has 0 saturated carbocycles. The Morgan fingerprint density at radius 2 is 0.729 bits per heavy atom. The van der Waals surface area contributed by atoms with E-state index in [1.807, 2.05) is 0 Å². The van der Waals surface area contributed by atoms with E-state index in [1.54, 1.807) is 93.0 Å². The van der Waals surface area contributed by atoms with Crippen molar-refractivity contribution in [2.75, 3.05) is 15.1 Å². The molecule has 0 saturated heterocycles. The second kappa shape index (κ2) is 43.0. The summed E-state index contributed by atoms with van der Waals surface area (Å²) in [5, 5.41) is 67.3. The molecule has 676 valence electrons. The molecule has 14 heterocycles. The van der Waals surface area contributed by atoms with Gasteiger partial charge in [0.2, 0.25) is 17.5 Å². The molecular weight excluding hydrogens is 1870 g/mol. The fourth-order valence-electron chi connectivity index (χ4n) is 8.89. The van der Waals surface area contributed by atoms with E-state index in [4.69, 9.17) is 59.2 Å². The minimum absolute atomic E-state index is 0.0168. The number of nitrogens with zero attached hydrogens (tertiary/aromatic N) is 24. The number of nitrogens with one attached hydrogen (secondary N) is 1. The fourth-order valence-corrected chi connectivity index (χ4v) is 12.1. The molecule has 0 atom stereocenters. The molecule has 129 heavy (non-hydrogen) atoms. The molecule has 0 amide bonds. The first-order chi connectivity index (χ1) is 60.6. The summed E-state index contributed by atoms with van der Waals surface area (Å²) in [4.78, 5) is 94.0. The molecule has 0 unspecified atom stereocenters. The van der Waals surface area contributed by atoms with Gasteiger partial charge >= 0.3 is 66.0 Å². The fraction of sp³-hybridized carbons (Fsp3) is 0.247. The van der Waals surface area contributed by atoms with Crippen LogP contribution in [-0.4, -0.2) is 168 Å².